The molecule has 134 valence electrons. The number of carbonyl (C=O) groups excluding carboxylic acids is 1. The van der Waals surface area contributed by atoms with E-state index in [1.807, 2.05) is 53.6 Å². The van der Waals surface area contributed by atoms with Crippen LogP contribution in [0.5, 0.6) is 0 Å². The second-order valence-corrected chi connectivity index (χ2v) is 7.16. The quantitative estimate of drug-likeness (QED) is 0.535. The van der Waals surface area contributed by atoms with Gasteiger partial charge >= 0.3 is 0 Å². The summed E-state index contributed by atoms with van der Waals surface area (Å²) in [6.07, 6.45) is 4.33. The van der Waals surface area contributed by atoms with Gasteiger partial charge in [-0.05, 0) is 18.4 Å². The normalized spacial score (nSPS) is 10.7. The Bertz CT molecular complexity index is 851. The molecule has 1 amide bonds. The molecule has 0 radical (unpaired) electrons. The molecule has 1 aromatic carbocycles. The van der Waals surface area contributed by atoms with Crippen molar-refractivity contribution >= 4 is 17.2 Å². The van der Waals surface area contributed by atoms with Crippen LogP contribution < -0.4 is 0 Å². The zero-order valence-corrected chi connectivity index (χ0v) is 15.7. The van der Waals surface area contributed by atoms with Gasteiger partial charge in [0.15, 0.2) is 11.7 Å². The smallest absolute Gasteiger partial charge is 0.223 e. The fraction of sp³-hybridized carbons (Fsp3) is 0.238. The van der Waals surface area contributed by atoms with E-state index in [0.717, 1.165) is 16.2 Å². The van der Waals surface area contributed by atoms with Crippen LogP contribution in [0.15, 0.2) is 65.0 Å². The molecule has 0 atom stereocenters. The summed E-state index contributed by atoms with van der Waals surface area (Å²) < 4.78 is 5.81. The van der Waals surface area contributed by atoms with E-state index < -0.39 is 0 Å². The summed E-state index contributed by atoms with van der Waals surface area (Å²) in [6.45, 7) is 6.95. The highest BCUT2D eigenvalue weighted by molar-refractivity contribution is 7.09. The molecule has 4 nitrogen and oxygen atoms in total. The Morgan fingerprint density at radius 2 is 2.12 bits per heavy atom. The summed E-state index contributed by atoms with van der Waals surface area (Å²) in [5.74, 6) is 1.39. The van der Waals surface area contributed by atoms with E-state index in [1.54, 1.807) is 23.6 Å². The summed E-state index contributed by atoms with van der Waals surface area (Å²) in [5, 5.41) is 2.02. The average Bonchev–Trinajstić information content (AvgIpc) is 3.32. The lowest BCUT2D eigenvalue weighted by Gasteiger charge is -2.20. The third-order valence-corrected chi connectivity index (χ3v) is 4.93. The van der Waals surface area contributed by atoms with Gasteiger partial charge in [0.05, 0.1) is 12.7 Å². The molecule has 0 aliphatic heterocycles. The zero-order chi connectivity index (χ0) is 18.4. The number of aromatic nitrogens is 1. The first-order chi connectivity index (χ1) is 12.7. The van der Waals surface area contributed by atoms with Crippen molar-refractivity contribution in [2.45, 2.75) is 26.3 Å². The van der Waals surface area contributed by atoms with Gasteiger partial charge in [-0.15, -0.1) is 17.9 Å². The topological polar surface area (TPSA) is 46.3 Å². The Morgan fingerprint density at radius 1 is 1.31 bits per heavy atom. The van der Waals surface area contributed by atoms with Crippen LogP contribution in [0.1, 0.15) is 22.8 Å². The van der Waals surface area contributed by atoms with Crippen LogP contribution >= 0.6 is 11.3 Å². The van der Waals surface area contributed by atoms with Gasteiger partial charge in [0, 0.05) is 29.8 Å². The average molecular weight is 366 g/mol. The minimum absolute atomic E-state index is 0.0772. The minimum atomic E-state index is 0.0772. The molecule has 0 unspecified atom stereocenters. The number of amides is 1. The van der Waals surface area contributed by atoms with Gasteiger partial charge in [-0.3, -0.25) is 4.79 Å². The fourth-order valence-corrected chi connectivity index (χ4v) is 3.37. The maximum absolute atomic E-state index is 12.6. The third-order valence-electron chi connectivity index (χ3n) is 4.07. The molecule has 3 rings (SSSR count). The predicted molar refractivity (Wildman–Crippen MR) is 105 cm³/mol. The molecule has 0 bridgehead atoms. The highest BCUT2D eigenvalue weighted by atomic mass is 32.1. The molecule has 0 spiro atoms. The van der Waals surface area contributed by atoms with Gasteiger partial charge in [0.25, 0.3) is 0 Å². The van der Waals surface area contributed by atoms with Gasteiger partial charge in [0.2, 0.25) is 5.91 Å². The molecular weight excluding hydrogens is 344 g/mol. The number of carbonyl (C=O) groups is 1. The summed E-state index contributed by atoms with van der Waals surface area (Å²) in [7, 11) is 0. The van der Waals surface area contributed by atoms with Crippen LogP contribution in [0.25, 0.3) is 11.3 Å². The van der Waals surface area contributed by atoms with Crippen molar-refractivity contribution in [2.75, 3.05) is 6.54 Å². The first kappa shape index (κ1) is 18.1. The monoisotopic (exact) mass is 366 g/mol. The number of aryl methyl sites for hydroxylation is 2. The van der Waals surface area contributed by atoms with Crippen molar-refractivity contribution in [3.8, 4) is 11.3 Å². The lowest BCUT2D eigenvalue weighted by atomic mass is 10.1. The second-order valence-electron chi connectivity index (χ2n) is 6.13. The van der Waals surface area contributed by atoms with Crippen LogP contribution in [0, 0.1) is 6.92 Å². The molecule has 0 fully saturated rings. The molecule has 2 aromatic heterocycles. The van der Waals surface area contributed by atoms with Gasteiger partial charge in [-0.2, -0.15) is 0 Å². The Kier molecular flexibility index (Phi) is 6.02. The van der Waals surface area contributed by atoms with Crippen molar-refractivity contribution in [1.29, 1.82) is 0 Å². The highest BCUT2D eigenvalue weighted by Gasteiger charge is 2.15. The number of rotatable bonds is 8. The summed E-state index contributed by atoms with van der Waals surface area (Å²) in [5.41, 5.74) is 2.19. The van der Waals surface area contributed by atoms with Gasteiger partial charge in [-0.1, -0.05) is 42.0 Å². The largest absolute Gasteiger partial charge is 0.441 e. The molecule has 26 heavy (non-hydrogen) atoms. The van der Waals surface area contributed by atoms with Crippen molar-refractivity contribution in [2.24, 2.45) is 0 Å². The number of hydrogen-bond acceptors (Lipinski definition) is 4. The maximum Gasteiger partial charge on any atom is 0.223 e. The predicted octanol–water partition coefficient (Wildman–Crippen LogP) is 4.86. The first-order valence-electron chi connectivity index (χ1n) is 8.58. The van der Waals surface area contributed by atoms with E-state index >= 15 is 0 Å². The van der Waals surface area contributed by atoms with E-state index in [4.69, 9.17) is 4.42 Å². The Morgan fingerprint density at radius 3 is 2.81 bits per heavy atom. The molecule has 3 aromatic rings. The van der Waals surface area contributed by atoms with Crippen LogP contribution in [0.2, 0.25) is 0 Å². The van der Waals surface area contributed by atoms with Crippen molar-refractivity contribution < 1.29 is 9.21 Å². The molecule has 0 aliphatic carbocycles. The standard InChI is InChI=1S/C21H22N2O2S/c1-3-12-23(15-18-5-4-13-26-18)21(24)11-10-20-22-14-19(25-20)17-8-6-16(2)7-9-17/h3-9,13-14H,1,10-12,15H2,2H3. The molecule has 2 heterocycles. The number of hydrogen-bond donors (Lipinski definition) is 0. The lowest BCUT2D eigenvalue weighted by Crippen LogP contribution is -2.30. The first-order valence-corrected chi connectivity index (χ1v) is 9.46. The fourth-order valence-electron chi connectivity index (χ4n) is 2.65. The zero-order valence-electron chi connectivity index (χ0n) is 14.9. The Hall–Kier alpha value is -2.66. The van der Waals surface area contributed by atoms with Gasteiger partial charge in [-0.25, -0.2) is 4.98 Å². The number of oxazole rings is 1. The summed E-state index contributed by atoms with van der Waals surface area (Å²) in [6, 6.07) is 12.1. The van der Waals surface area contributed by atoms with E-state index in [0.29, 0.717) is 31.8 Å². The molecule has 0 aliphatic rings. The van der Waals surface area contributed by atoms with E-state index in [9.17, 15) is 4.79 Å². The highest BCUT2D eigenvalue weighted by Crippen LogP contribution is 2.21. The Balaban J connectivity index is 1.59. The number of benzene rings is 1. The van der Waals surface area contributed by atoms with Crippen molar-refractivity contribution in [3.05, 3.63) is 77.0 Å². The Labute approximate surface area is 157 Å². The molecule has 5 heteroatoms. The summed E-state index contributed by atoms with van der Waals surface area (Å²) >= 11 is 1.65. The molecule has 0 N–H and O–H groups in total. The van der Waals surface area contributed by atoms with Crippen LogP contribution in [-0.4, -0.2) is 22.3 Å². The minimum Gasteiger partial charge on any atom is -0.441 e. The molecular formula is C21H22N2O2S. The SMILES string of the molecule is C=CCN(Cc1cccs1)C(=O)CCc1ncc(-c2ccc(C)cc2)o1. The van der Waals surface area contributed by atoms with Crippen LogP contribution in [0.3, 0.4) is 0 Å². The number of nitrogens with zero attached hydrogens (tertiary/aromatic N) is 2. The van der Waals surface area contributed by atoms with Gasteiger partial charge < -0.3 is 9.32 Å². The number of thiophene rings is 1. The summed E-state index contributed by atoms with van der Waals surface area (Å²) in [4.78, 5) is 19.8. The van der Waals surface area contributed by atoms with Gasteiger partial charge in [0.1, 0.15) is 0 Å². The molecule has 0 saturated heterocycles. The third kappa shape index (κ3) is 4.70. The lowest BCUT2D eigenvalue weighted by molar-refractivity contribution is -0.131. The van der Waals surface area contributed by atoms with E-state index in [1.165, 1.54) is 5.56 Å². The van der Waals surface area contributed by atoms with Crippen molar-refractivity contribution in [1.82, 2.24) is 9.88 Å². The maximum atomic E-state index is 12.6. The van der Waals surface area contributed by atoms with Crippen molar-refractivity contribution in [3.63, 3.8) is 0 Å². The molecule has 0 saturated carbocycles. The van der Waals surface area contributed by atoms with E-state index in [2.05, 4.69) is 11.6 Å². The van der Waals surface area contributed by atoms with Crippen LogP contribution in [-0.2, 0) is 17.8 Å². The van der Waals surface area contributed by atoms with E-state index in [-0.39, 0.29) is 5.91 Å². The van der Waals surface area contributed by atoms with Crippen LogP contribution in [0.4, 0.5) is 0 Å². The second kappa shape index (κ2) is 8.63.